The second kappa shape index (κ2) is 15.2. The van der Waals surface area contributed by atoms with E-state index in [1.165, 1.54) is 35.2 Å². The van der Waals surface area contributed by atoms with E-state index in [-0.39, 0.29) is 34.5 Å². The normalized spacial score (nSPS) is 11.9. The van der Waals surface area contributed by atoms with Crippen molar-refractivity contribution in [3.8, 4) is 0 Å². The lowest BCUT2D eigenvalue weighted by atomic mass is 10.0. The maximum atomic E-state index is 14.5. The highest BCUT2D eigenvalue weighted by atomic mass is 35.5. The van der Waals surface area contributed by atoms with Gasteiger partial charge in [-0.25, -0.2) is 8.42 Å². The number of sulfonamides is 1. The molecule has 0 aliphatic rings. The lowest BCUT2D eigenvalue weighted by Crippen LogP contribution is -2.53. The van der Waals surface area contributed by atoms with Crippen LogP contribution in [-0.2, 0) is 32.6 Å². The van der Waals surface area contributed by atoms with E-state index in [1.54, 1.807) is 18.2 Å². The molecule has 0 radical (unpaired) electrons. The molecule has 0 saturated heterocycles. The third-order valence-corrected chi connectivity index (χ3v) is 9.52. The lowest BCUT2D eigenvalue weighted by Gasteiger charge is -2.34. The molecule has 1 N–H and O–H groups in total. The topological polar surface area (TPSA) is 86.8 Å². The summed E-state index contributed by atoms with van der Waals surface area (Å²) in [6.07, 6.45) is 0.953. The molecule has 0 saturated carbocycles. The number of carbonyl (C=O) groups excluding carboxylic acids is 2. The Kier molecular flexibility index (Phi) is 11.4. The standard InChI is InChI=1S/C34H35Cl2N3O4S/c1-3-20-37-34(41)32(21-26-13-6-4-7-14-26)38(23-27-15-11-10-12-25(27)2)33(40)24-39(31-19-18-28(35)22-30(31)36)44(42,43)29-16-8-5-9-17-29/h4-19,22,32H,3,20-21,23-24H2,1-2H3,(H,37,41)/t32-/m0/s1. The minimum absolute atomic E-state index is 0.00852. The average molecular weight is 653 g/mol. The number of hydrogen-bond acceptors (Lipinski definition) is 4. The monoisotopic (exact) mass is 651 g/mol. The maximum Gasteiger partial charge on any atom is 0.264 e. The number of carbonyl (C=O) groups is 2. The van der Waals surface area contributed by atoms with Crippen LogP contribution < -0.4 is 9.62 Å². The van der Waals surface area contributed by atoms with Crippen LogP contribution in [0.2, 0.25) is 10.0 Å². The lowest BCUT2D eigenvalue weighted by molar-refractivity contribution is -0.140. The molecule has 0 spiro atoms. The first kappa shape index (κ1) is 33.1. The van der Waals surface area contributed by atoms with Gasteiger partial charge < -0.3 is 10.2 Å². The number of hydrogen-bond donors (Lipinski definition) is 1. The van der Waals surface area contributed by atoms with E-state index >= 15 is 0 Å². The summed E-state index contributed by atoms with van der Waals surface area (Å²) in [5, 5.41) is 3.33. The first-order chi connectivity index (χ1) is 21.1. The number of aryl methyl sites for hydroxylation is 1. The SMILES string of the molecule is CCCNC(=O)[C@H](Cc1ccccc1)N(Cc1ccccc1C)C(=O)CN(c1ccc(Cl)cc1Cl)S(=O)(=O)c1ccccc1. The van der Waals surface area contributed by atoms with Gasteiger partial charge in [0, 0.05) is 24.5 Å². The molecule has 4 aromatic rings. The maximum absolute atomic E-state index is 14.5. The molecule has 230 valence electrons. The summed E-state index contributed by atoms with van der Waals surface area (Å²) < 4.78 is 29.1. The summed E-state index contributed by atoms with van der Waals surface area (Å²) in [7, 11) is -4.26. The van der Waals surface area contributed by atoms with Crippen LogP contribution in [0, 0.1) is 6.92 Å². The summed E-state index contributed by atoms with van der Waals surface area (Å²) in [4.78, 5) is 29.7. The smallest absolute Gasteiger partial charge is 0.264 e. The third kappa shape index (κ3) is 8.20. The molecule has 1 atom stereocenters. The Morgan fingerprint density at radius 2 is 1.50 bits per heavy atom. The Balaban J connectivity index is 1.82. The molecule has 0 aromatic heterocycles. The first-order valence-electron chi connectivity index (χ1n) is 14.3. The molecule has 0 aliphatic carbocycles. The van der Waals surface area contributed by atoms with Crippen molar-refractivity contribution in [1.82, 2.24) is 10.2 Å². The number of benzene rings is 4. The van der Waals surface area contributed by atoms with Gasteiger partial charge in [-0.1, -0.05) is 103 Å². The van der Waals surface area contributed by atoms with E-state index in [9.17, 15) is 18.0 Å². The van der Waals surface area contributed by atoms with Gasteiger partial charge >= 0.3 is 0 Å². The fraction of sp³-hybridized carbons (Fsp3) is 0.235. The quantitative estimate of drug-likeness (QED) is 0.175. The third-order valence-electron chi connectivity index (χ3n) is 7.21. The molecule has 0 bridgehead atoms. The zero-order valence-corrected chi connectivity index (χ0v) is 26.9. The van der Waals surface area contributed by atoms with Crippen molar-refractivity contribution in [3.05, 3.63) is 130 Å². The minimum atomic E-state index is -4.26. The highest BCUT2D eigenvalue weighted by Crippen LogP contribution is 2.33. The highest BCUT2D eigenvalue weighted by molar-refractivity contribution is 7.92. The van der Waals surface area contributed by atoms with Gasteiger partial charge in [0.15, 0.2) is 0 Å². The van der Waals surface area contributed by atoms with Crippen molar-refractivity contribution >= 4 is 50.7 Å². The number of rotatable bonds is 13. The van der Waals surface area contributed by atoms with Crippen LogP contribution in [-0.4, -0.2) is 44.3 Å². The number of anilines is 1. The summed E-state index contributed by atoms with van der Waals surface area (Å²) in [5.74, 6) is -0.883. The van der Waals surface area contributed by atoms with E-state index in [4.69, 9.17) is 23.2 Å². The number of nitrogens with one attached hydrogen (secondary N) is 1. The molecular weight excluding hydrogens is 617 g/mol. The van der Waals surface area contributed by atoms with E-state index in [0.29, 0.717) is 18.0 Å². The van der Waals surface area contributed by atoms with Crippen molar-refractivity contribution in [3.63, 3.8) is 0 Å². The predicted molar refractivity (Wildman–Crippen MR) is 176 cm³/mol. The largest absolute Gasteiger partial charge is 0.354 e. The van der Waals surface area contributed by atoms with Crippen LogP contribution in [0.5, 0.6) is 0 Å². The molecule has 44 heavy (non-hydrogen) atoms. The minimum Gasteiger partial charge on any atom is -0.354 e. The van der Waals surface area contributed by atoms with Crippen molar-refractivity contribution in [2.45, 2.75) is 44.2 Å². The first-order valence-corrected chi connectivity index (χ1v) is 16.5. The van der Waals surface area contributed by atoms with E-state index in [2.05, 4.69) is 5.32 Å². The second-order valence-corrected chi connectivity index (χ2v) is 13.1. The molecule has 10 heteroatoms. The van der Waals surface area contributed by atoms with Crippen molar-refractivity contribution in [2.24, 2.45) is 0 Å². The van der Waals surface area contributed by atoms with E-state index in [0.717, 1.165) is 21.0 Å². The van der Waals surface area contributed by atoms with Gasteiger partial charge in [0.2, 0.25) is 11.8 Å². The predicted octanol–water partition coefficient (Wildman–Crippen LogP) is 6.66. The van der Waals surface area contributed by atoms with Crippen LogP contribution in [0.15, 0.2) is 108 Å². The van der Waals surface area contributed by atoms with Crippen LogP contribution in [0.1, 0.15) is 30.0 Å². The molecule has 0 fully saturated rings. The highest BCUT2D eigenvalue weighted by Gasteiger charge is 2.35. The molecule has 0 aliphatic heterocycles. The molecule has 4 rings (SSSR count). The van der Waals surface area contributed by atoms with Gasteiger partial charge in [0.05, 0.1) is 15.6 Å². The average Bonchev–Trinajstić information content (AvgIpc) is 3.02. The van der Waals surface area contributed by atoms with Crippen molar-refractivity contribution in [1.29, 1.82) is 0 Å². The number of nitrogens with zero attached hydrogens (tertiary/aromatic N) is 2. The number of halogens is 2. The van der Waals surface area contributed by atoms with Crippen LogP contribution in [0.3, 0.4) is 0 Å². The van der Waals surface area contributed by atoms with Gasteiger partial charge in [-0.15, -0.1) is 0 Å². The molecule has 0 unspecified atom stereocenters. The Morgan fingerprint density at radius 1 is 0.864 bits per heavy atom. The van der Waals surface area contributed by atoms with Crippen LogP contribution >= 0.6 is 23.2 Å². The van der Waals surface area contributed by atoms with Crippen LogP contribution in [0.4, 0.5) is 5.69 Å². The molecule has 0 heterocycles. The molecular formula is C34H35Cl2N3O4S. The Labute approximate surface area is 269 Å². The Bertz CT molecular complexity index is 1690. The van der Waals surface area contributed by atoms with Gasteiger partial charge in [0.25, 0.3) is 10.0 Å². The van der Waals surface area contributed by atoms with Crippen LogP contribution in [0.25, 0.3) is 0 Å². The number of amides is 2. The Hall–Kier alpha value is -3.85. The summed E-state index contributed by atoms with van der Waals surface area (Å²) in [6.45, 7) is 3.81. The van der Waals surface area contributed by atoms with Gasteiger partial charge in [0.1, 0.15) is 12.6 Å². The zero-order chi connectivity index (χ0) is 31.7. The fourth-order valence-electron chi connectivity index (χ4n) is 4.81. The van der Waals surface area contributed by atoms with Gasteiger partial charge in [-0.2, -0.15) is 0 Å². The fourth-order valence-corrected chi connectivity index (χ4v) is 6.82. The van der Waals surface area contributed by atoms with E-state index < -0.39 is 28.5 Å². The summed E-state index contributed by atoms with van der Waals surface area (Å²) >= 11 is 12.7. The van der Waals surface area contributed by atoms with Crippen molar-refractivity contribution < 1.29 is 18.0 Å². The summed E-state index contributed by atoms with van der Waals surface area (Å²) in [5.41, 5.74) is 2.73. The summed E-state index contributed by atoms with van der Waals surface area (Å²) in [6, 6.07) is 28.4. The zero-order valence-electron chi connectivity index (χ0n) is 24.6. The second-order valence-electron chi connectivity index (χ2n) is 10.4. The van der Waals surface area contributed by atoms with Gasteiger partial charge in [-0.05, 0) is 60.4 Å². The van der Waals surface area contributed by atoms with Gasteiger partial charge in [-0.3, -0.25) is 13.9 Å². The molecule has 7 nitrogen and oxygen atoms in total. The molecule has 4 aromatic carbocycles. The van der Waals surface area contributed by atoms with Crippen molar-refractivity contribution in [2.75, 3.05) is 17.4 Å². The van der Waals surface area contributed by atoms with E-state index in [1.807, 2.05) is 68.4 Å². The Morgan fingerprint density at radius 3 is 2.14 bits per heavy atom. The molecule has 2 amide bonds.